The first kappa shape index (κ1) is 23.1. The van der Waals surface area contributed by atoms with Gasteiger partial charge in [0.2, 0.25) is 5.91 Å². The standard InChI is InChI=1S/C24H21Cl3FN5O/c1-14-20(24(34)32-11-9-31(10-12-32)16-7-5-15(28)6-8-16)22(17-3-2-4-18(25)21(17)27)33-23(30-14)19(26)13-29-33/h2-8,13,20,22H,9-12H2,1H3. The van der Waals surface area contributed by atoms with Crippen LogP contribution in [0, 0.1) is 11.7 Å². The Morgan fingerprint density at radius 1 is 1.00 bits per heavy atom. The predicted molar refractivity (Wildman–Crippen MR) is 133 cm³/mol. The molecule has 0 saturated carbocycles. The molecule has 0 N–H and O–H groups in total. The average Bonchev–Trinajstić information content (AvgIpc) is 3.20. The second-order valence-corrected chi connectivity index (χ2v) is 9.56. The van der Waals surface area contributed by atoms with Crippen LogP contribution in [0.2, 0.25) is 15.1 Å². The van der Waals surface area contributed by atoms with Gasteiger partial charge >= 0.3 is 0 Å². The van der Waals surface area contributed by atoms with E-state index in [1.54, 1.807) is 28.9 Å². The average molecular weight is 521 g/mol. The van der Waals surface area contributed by atoms with Crippen LogP contribution in [0.1, 0.15) is 18.5 Å². The number of fused-ring (bicyclic) bond motifs is 1. The maximum atomic E-state index is 13.9. The van der Waals surface area contributed by atoms with Crippen LogP contribution in [0.5, 0.6) is 0 Å². The van der Waals surface area contributed by atoms with Crippen LogP contribution in [-0.2, 0) is 4.79 Å². The smallest absolute Gasteiger partial charge is 0.234 e. The lowest BCUT2D eigenvalue weighted by Gasteiger charge is -2.40. The van der Waals surface area contributed by atoms with Gasteiger partial charge in [-0.15, -0.1) is 0 Å². The van der Waals surface area contributed by atoms with Gasteiger partial charge in [0.05, 0.1) is 22.3 Å². The van der Waals surface area contributed by atoms with E-state index in [2.05, 4.69) is 15.0 Å². The minimum absolute atomic E-state index is 0.0571. The number of carbonyl (C=O) groups is 1. The van der Waals surface area contributed by atoms with Crippen molar-refractivity contribution in [3.63, 3.8) is 0 Å². The second kappa shape index (κ2) is 9.21. The van der Waals surface area contributed by atoms with Crippen LogP contribution in [0.15, 0.2) is 53.7 Å². The molecule has 3 heterocycles. The van der Waals surface area contributed by atoms with E-state index in [0.29, 0.717) is 58.3 Å². The molecule has 0 spiro atoms. The summed E-state index contributed by atoms with van der Waals surface area (Å²) >= 11 is 19.2. The Kier molecular flexibility index (Phi) is 6.27. The minimum atomic E-state index is -0.614. The number of amides is 1. The van der Waals surface area contributed by atoms with Crippen LogP contribution < -0.4 is 4.90 Å². The molecule has 1 aromatic heterocycles. The van der Waals surface area contributed by atoms with Crippen LogP contribution in [-0.4, -0.2) is 52.5 Å². The van der Waals surface area contributed by atoms with Gasteiger partial charge in [-0.25, -0.2) is 14.1 Å². The summed E-state index contributed by atoms with van der Waals surface area (Å²) < 4.78 is 14.9. The van der Waals surface area contributed by atoms with Crippen molar-refractivity contribution in [2.24, 2.45) is 10.9 Å². The maximum Gasteiger partial charge on any atom is 0.234 e. The molecular formula is C24H21Cl3FN5O. The number of aromatic nitrogens is 2. The fraction of sp³-hybridized carbons (Fsp3) is 0.292. The molecule has 3 aromatic rings. The number of anilines is 1. The maximum absolute atomic E-state index is 13.9. The van der Waals surface area contributed by atoms with Crippen molar-refractivity contribution in [1.82, 2.24) is 14.7 Å². The van der Waals surface area contributed by atoms with Crippen LogP contribution in [0.25, 0.3) is 0 Å². The van der Waals surface area contributed by atoms with Crippen molar-refractivity contribution >= 4 is 57.9 Å². The van der Waals surface area contributed by atoms with E-state index in [4.69, 9.17) is 34.8 Å². The lowest BCUT2D eigenvalue weighted by atomic mass is 9.86. The number of halogens is 4. The van der Waals surface area contributed by atoms with Gasteiger partial charge in [0, 0.05) is 37.6 Å². The molecule has 0 bridgehead atoms. The van der Waals surface area contributed by atoms with Gasteiger partial charge in [0.1, 0.15) is 16.8 Å². The molecule has 34 heavy (non-hydrogen) atoms. The Labute approximate surface area is 211 Å². The Morgan fingerprint density at radius 2 is 1.71 bits per heavy atom. The fourth-order valence-electron chi connectivity index (χ4n) is 4.66. The quantitative estimate of drug-likeness (QED) is 0.449. The van der Waals surface area contributed by atoms with E-state index in [9.17, 15) is 9.18 Å². The Hall–Kier alpha value is -2.61. The van der Waals surface area contributed by atoms with Crippen molar-refractivity contribution in [2.75, 3.05) is 31.1 Å². The summed E-state index contributed by atoms with van der Waals surface area (Å²) in [5, 5.41) is 5.60. The molecule has 2 aliphatic heterocycles. The second-order valence-electron chi connectivity index (χ2n) is 8.37. The molecule has 5 rings (SSSR count). The third kappa shape index (κ3) is 4.06. The predicted octanol–water partition coefficient (Wildman–Crippen LogP) is 5.64. The lowest BCUT2D eigenvalue weighted by Crippen LogP contribution is -2.53. The van der Waals surface area contributed by atoms with Gasteiger partial charge in [-0.2, -0.15) is 5.10 Å². The van der Waals surface area contributed by atoms with Gasteiger partial charge < -0.3 is 9.80 Å². The summed E-state index contributed by atoms with van der Waals surface area (Å²) in [5.41, 5.74) is 2.26. The zero-order valence-corrected chi connectivity index (χ0v) is 20.5. The van der Waals surface area contributed by atoms with Gasteiger partial charge in [0.15, 0.2) is 5.82 Å². The summed E-state index contributed by atoms with van der Waals surface area (Å²) in [6, 6.07) is 11.2. The largest absolute Gasteiger partial charge is 0.368 e. The molecule has 176 valence electrons. The number of carbonyl (C=O) groups excluding carboxylic acids is 1. The monoisotopic (exact) mass is 519 g/mol. The molecule has 10 heteroatoms. The van der Waals surface area contributed by atoms with Crippen LogP contribution >= 0.6 is 34.8 Å². The lowest BCUT2D eigenvalue weighted by molar-refractivity contribution is -0.134. The molecule has 1 saturated heterocycles. The summed E-state index contributed by atoms with van der Waals surface area (Å²) in [6.45, 7) is 4.17. The minimum Gasteiger partial charge on any atom is -0.368 e. The molecule has 2 unspecified atom stereocenters. The zero-order valence-electron chi connectivity index (χ0n) is 18.3. The summed E-state index contributed by atoms with van der Waals surface area (Å²) in [6.07, 6.45) is 1.52. The fourth-order valence-corrected chi connectivity index (χ4v) is 5.25. The number of rotatable bonds is 3. The Bertz CT molecular complexity index is 1270. The molecule has 0 radical (unpaired) electrons. The van der Waals surface area contributed by atoms with E-state index >= 15 is 0 Å². The van der Waals surface area contributed by atoms with Crippen molar-refractivity contribution in [2.45, 2.75) is 13.0 Å². The zero-order chi connectivity index (χ0) is 24.0. The van der Waals surface area contributed by atoms with E-state index in [1.807, 2.05) is 17.9 Å². The topological polar surface area (TPSA) is 53.7 Å². The molecule has 0 aliphatic carbocycles. The third-order valence-corrected chi connectivity index (χ3v) is 7.49. The molecule has 2 aromatic carbocycles. The van der Waals surface area contributed by atoms with Crippen molar-refractivity contribution in [1.29, 1.82) is 0 Å². The molecular weight excluding hydrogens is 500 g/mol. The van der Waals surface area contributed by atoms with Gasteiger partial charge in [-0.05, 0) is 42.8 Å². The molecule has 1 fully saturated rings. The van der Waals surface area contributed by atoms with Crippen molar-refractivity contribution < 1.29 is 9.18 Å². The van der Waals surface area contributed by atoms with Crippen molar-refractivity contribution in [3.8, 4) is 0 Å². The van der Waals surface area contributed by atoms with E-state index in [0.717, 1.165) is 5.69 Å². The van der Waals surface area contributed by atoms with Crippen molar-refractivity contribution in [3.05, 3.63) is 75.1 Å². The summed E-state index contributed by atoms with van der Waals surface area (Å²) in [5.74, 6) is -0.450. The van der Waals surface area contributed by atoms with Crippen LogP contribution in [0.4, 0.5) is 15.9 Å². The molecule has 2 atom stereocenters. The van der Waals surface area contributed by atoms with E-state index in [1.165, 1.54) is 18.3 Å². The molecule has 1 amide bonds. The number of hydrogen-bond acceptors (Lipinski definition) is 4. The number of aliphatic imine (C=N–C) groups is 1. The number of piperazine rings is 1. The Balaban J connectivity index is 1.45. The Morgan fingerprint density at radius 3 is 2.41 bits per heavy atom. The number of nitrogens with zero attached hydrogens (tertiary/aromatic N) is 5. The third-order valence-electron chi connectivity index (χ3n) is 6.39. The highest BCUT2D eigenvalue weighted by Gasteiger charge is 2.42. The van der Waals surface area contributed by atoms with E-state index in [-0.39, 0.29) is 11.7 Å². The number of benzene rings is 2. The van der Waals surface area contributed by atoms with Crippen LogP contribution in [0.3, 0.4) is 0 Å². The highest BCUT2D eigenvalue weighted by atomic mass is 35.5. The summed E-state index contributed by atoms with van der Waals surface area (Å²) in [7, 11) is 0. The number of hydrogen-bond donors (Lipinski definition) is 0. The molecule has 6 nitrogen and oxygen atoms in total. The highest BCUT2D eigenvalue weighted by Crippen LogP contribution is 2.43. The first-order chi connectivity index (χ1) is 16.3. The first-order valence-electron chi connectivity index (χ1n) is 10.9. The first-order valence-corrected chi connectivity index (χ1v) is 12.0. The normalized spacial score (nSPS) is 20.2. The SMILES string of the molecule is CC1=Nc2c(Cl)cnn2C(c2cccc(Cl)c2Cl)C1C(=O)N1CCN(c2ccc(F)cc2)CC1. The van der Waals surface area contributed by atoms with Gasteiger partial charge in [0.25, 0.3) is 0 Å². The van der Waals surface area contributed by atoms with E-state index < -0.39 is 12.0 Å². The molecule has 2 aliphatic rings. The summed E-state index contributed by atoms with van der Waals surface area (Å²) in [4.78, 5) is 22.5. The van der Waals surface area contributed by atoms with Gasteiger partial charge in [-0.1, -0.05) is 46.9 Å². The van der Waals surface area contributed by atoms with Gasteiger partial charge in [-0.3, -0.25) is 4.79 Å². The highest BCUT2D eigenvalue weighted by molar-refractivity contribution is 6.42.